The highest BCUT2D eigenvalue weighted by Crippen LogP contribution is 2.18. The standard InChI is InChI=1S/C15H30N2O2/c1-5-6-9-16-11-13-8-7-10-17(12-13)14(18)19-15(2,3)4/h13,16H,5-12H2,1-4H3. The van der Waals surface area contributed by atoms with Crippen LogP contribution >= 0.6 is 0 Å². The zero-order valence-corrected chi connectivity index (χ0v) is 13.0. The van der Waals surface area contributed by atoms with Gasteiger partial charge in [-0.1, -0.05) is 13.3 Å². The van der Waals surface area contributed by atoms with Crippen molar-refractivity contribution in [3.8, 4) is 0 Å². The Morgan fingerprint density at radius 3 is 2.79 bits per heavy atom. The molecule has 0 aliphatic carbocycles. The molecule has 1 fully saturated rings. The smallest absolute Gasteiger partial charge is 0.410 e. The van der Waals surface area contributed by atoms with Crippen LogP contribution in [0.5, 0.6) is 0 Å². The van der Waals surface area contributed by atoms with Gasteiger partial charge in [0.25, 0.3) is 0 Å². The second-order valence-corrected chi connectivity index (χ2v) is 6.49. The molecule has 1 aliphatic rings. The zero-order valence-electron chi connectivity index (χ0n) is 13.0. The largest absolute Gasteiger partial charge is 0.444 e. The van der Waals surface area contributed by atoms with Crippen molar-refractivity contribution in [2.45, 2.75) is 59.0 Å². The monoisotopic (exact) mass is 270 g/mol. The molecule has 4 heteroatoms. The number of carbonyl (C=O) groups is 1. The molecule has 0 bridgehead atoms. The van der Waals surface area contributed by atoms with E-state index in [1.807, 2.05) is 25.7 Å². The summed E-state index contributed by atoms with van der Waals surface area (Å²) in [4.78, 5) is 13.9. The van der Waals surface area contributed by atoms with E-state index in [9.17, 15) is 4.79 Å². The molecular weight excluding hydrogens is 240 g/mol. The van der Waals surface area contributed by atoms with Crippen molar-refractivity contribution in [2.75, 3.05) is 26.2 Å². The Morgan fingerprint density at radius 2 is 2.16 bits per heavy atom. The molecule has 0 saturated carbocycles. The first kappa shape index (κ1) is 16.3. The van der Waals surface area contributed by atoms with E-state index in [-0.39, 0.29) is 6.09 Å². The first-order valence-corrected chi connectivity index (χ1v) is 7.61. The van der Waals surface area contributed by atoms with Crippen molar-refractivity contribution in [3.63, 3.8) is 0 Å². The number of nitrogens with zero attached hydrogens (tertiary/aromatic N) is 1. The van der Waals surface area contributed by atoms with E-state index in [1.165, 1.54) is 19.3 Å². The lowest BCUT2D eigenvalue weighted by molar-refractivity contribution is 0.0166. The maximum atomic E-state index is 12.0. The normalized spacial score (nSPS) is 20.4. The van der Waals surface area contributed by atoms with Crippen LogP contribution in [0.15, 0.2) is 0 Å². The molecule has 0 radical (unpaired) electrons. The minimum Gasteiger partial charge on any atom is -0.444 e. The molecule has 19 heavy (non-hydrogen) atoms. The van der Waals surface area contributed by atoms with Gasteiger partial charge in [0.2, 0.25) is 0 Å². The first-order chi connectivity index (χ1) is 8.92. The van der Waals surface area contributed by atoms with Crippen LogP contribution in [0.1, 0.15) is 53.4 Å². The Morgan fingerprint density at radius 1 is 1.42 bits per heavy atom. The average Bonchev–Trinajstić information content (AvgIpc) is 2.33. The summed E-state index contributed by atoms with van der Waals surface area (Å²) >= 11 is 0. The van der Waals surface area contributed by atoms with Crippen LogP contribution in [-0.4, -0.2) is 42.8 Å². The first-order valence-electron chi connectivity index (χ1n) is 7.61. The van der Waals surface area contributed by atoms with E-state index < -0.39 is 5.60 Å². The van der Waals surface area contributed by atoms with Crippen molar-refractivity contribution in [3.05, 3.63) is 0 Å². The van der Waals surface area contributed by atoms with E-state index >= 15 is 0 Å². The van der Waals surface area contributed by atoms with E-state index in [1.54, 1.807) is 0 Å². The minimum absolute atomic E-state index is 0.161. The summed E-state index contributed by atoms with van der Waals surface area (Å²) in [6.07, 6.45) is 4.58. The van der Waals surface area contributed by atoms with Crippen LogP contribution in [0, 0.1) is 5.92 Å². The van der Waals surface area contributed by atoms with Gasteiger partial charge in [-0.3, -0.25) is 0 Å². The Balaban J connectivity index is 2.31. The molecule has 1 rings (SSSR count). The van der Waals surface area contributed by atoms with Crippen LogP contribution in [0.2, 0.25) is 0 Å². The van der Waals surface area contributed by atoms with Crippen LogP contribution in [-0.2, 0) is 4.74 Å². The van der Waals surface area contributed by atoms with Gasteiger partial charge in [0.05, 0.1) is 0 Å². The second-order valence-electron chi connectivity index (χ2n) is 6.49. The van der Waals surface area contributed by atoms with Gasteiger partial charge in [-0.15, -0.1) is 0 Å². The maximum Gasteiger partial charge on any atom is 0.410 e. The molecule has 1 heterocycles. The number of piperidine rings is 1. The molecule has 0 aromatic heterocycles. The third kappa shape index (κ3) is 6.81. The molecular formula is C15H30N2O2. The summed E-state index contributed by atoms with van der Waals surface area (Å²) in [5.74, 6) is 0.568. The lowest BCUT2D eigenvalue weighted by Crippen LogP contribution is -2.45. The van der Waals surface area contributed by atoms with Gasteiger partial charge in [-0.25, -0.2) is 4.79 Å². The van der Waals surface area contributed by atoms with E-state index in [0.29, 0.717) is 5.92 Å². The van der Waals surface area contributed by atoms with Gasteiger partial charge in [0.15, 0.2) is 0 Å². The van der Waals surface area contributed by atoms with E-state index in [4.69, 9.17) is 4.74 Å². The van der Waals surface area contributed by atoms with Crippen LogP contribution < -0.4 is 5.32 Å². The van der Waals surface area contributed by atoms with Gasteiger partial charge < -0.3 is 15.0 Å². The number of nitrogens with one attached hydrogen (secondary N) is 1. The van der Waals surface area contributed by atoms with E-state index in [0.717, 1.165) is 32.6 Å². The van der Waals surface area contributed by atoms with Gasteiger partial charge in [-0.2, -0.15) is 0 Å². The molecule has 1 N–H and O–H groups in total. The molecule has 4 nitrogen and oxygen atoms in total. The lowest BCUT2D eigenvalue weighted by atomic mass is 9.98. The van der Waals surface area contributed by atoms with Crippen molar-refractivity contribution in [2.24, 2.45) is 5.92 Å². The Hall–Kier alpha value is -0.770. The van der Waals surface area contributed by atoms with E-state index in [2.05, 4.69) is 12.2 Å². The predicted molar refractivity (Wildman–Crippen MR) is 78.3 cm³/mol. The van der Waals surface area contributed by atoms with Gasteiger partial charge in [0, 0.05) is 13.1 Å². The number of likely N-dealkylation sites (tertiary alicyclic amines) is 1. The highest BCUT2D eigenvalue weighted by atomic mass is 16.6. The summed E-state index contributed by atoms with van der Waals surface area (Å²) in [5, 5.41) is 3.48. The fraction of sp³-hybridized carbons (Fsp3) is 0.933. The maximum absolute atomic E-state index is 12.0. The van der Waals surface area contributed by atoms with Gasteiger partial charge in [-0.05, 0) is 59.0 Å². The fourth-order valence-corrected chi connectivity index (χ4v) is 2.33. The summed E-state index contributed by atoms with van der Waals surface area (Å²) in [7, 11) is 0. The average molecular weight is 270 g/mol. The number of hydrogen-bond donors (Lipinski definition) is 1. The number of unbranched alkanes of at least 4 members (excludes halogenated alkanes) is 1. The third-order valence-electron chi connectivity index (χ3n) is 3.31. The summed E-state index contributed by atoms with van der Waals surface area (Å²) in [5.41, 5.74) is -0.399. The number of amides is 1. The quantitative estimate of drug-likeness (QED) is 0.781. The van der Waals surface area contributed by atoms with Gasteiger partial charge >= 0.3 is 6.09 Å². The van der Waals surface area contributed by atoms with Crippen LogP contribution in [0.4, 0.5) is 4.79 Å². The molecule has 1 atom stereocenters. The summed E-state index contributed by atoms with van der Waals surface area (Å²) in [6, 6.07) is 0. The molecule has 112 valence electrons. The number of carbonyl (C=O) groups excluding carboxylic acids is 1. The molecule has 1 unspecified atom stereocenters. The fourth-order valence-electron chi connectivity index (χ4n) is 2.33. The molecule has 0 aromatic carbocycles. The zero-order chi connectivity index (χ0) is 14.3. The topological polar surface area (TPSA) is 41.6 Å². The molecule has 0 aromatic rings. The van der Waals surface area contributed by atoms with Crippen molar-refractivity contribution in [1.29, 1.82) is 0 Å². The van der Waals surface area contributed by atoms with Crippen LogP contribution in [0.25, 0.3) is 0 Å². The highest BCUT2D eigenvalue weighted by molar-refractivity contribution is 5.68. The summed E-state index contributed by atoms with van der Waals surface area (Å²) in [6.45, 7) is 11.7. The highest BCUT2D eigenvalue weighted by Gasteiger charge is 2.27. The Labute approximate surface area is 117 Å². The number of hydrogen-bond acceptors (Lipinski definition) is 3. The minimum atomic E-state index is -0.399. The second kappa shape index (κ2) is 7.73. The predicted octanol–water partition coefficient (Wildman–Crippen LogP) is 3.02. The molecule has 1 saturated heterocycles. The Bertz CT molecular complexity index is 274. The SMILES string of the molecule is CCCCNCC1CCCN(C(=O)OC(C)(C)C)C1. The van der Waals surface area contributed by atoms with Crippen molar-refractivity contribution in [1.82, 2.24) is 10.2 Å². The molecule has 0 spiro atoms. The number of ether oxygens (including phenoxy) is 1. The summed E-state index contributed by atoms with van der Waals surface area (Å²) < 4.78 is 5.44. The van der Waals surface area contributed by atoms with Gasteiger partial charge in [0.1, 0.15) is 5.60 Å². The van der Waals surface area contributed by atoms with Crippen molar-refractivity contribution < 1.29 is 9.53 Å². The number of rotatable bonds is 5. The molecule has 1 aliphatic heterocycles. The Kier molecular flexibility index (Phi) is 6.63. The lowest BCUT2D eigenvalue weighted by Gasteiger charge is -2.34. The molecule has 1 amide bonds. The van der Waals surface area contributed by atoms with Crippen LogP contribution in [0.3, 0.4) is 0 Å². The third-order valence-corrected chi connectivity index (χ3v) is 3.31. The van der Waals surface area contributed by atoms with Crippen molar-refractivity contribution >= 4 is 6.09 Å².